The summed E-state index contributed by atoms with van der Waals surface area (Å²) >= 11 is 0. The molecule has 4 N–H and O–H groups in total. The number of aromatic nitrogens is 2. The second-order valence-corrected chi connectivity index (χ2v) is 4.58. The van der Waals surface area contributed by atoms with Crippen molar-refractivity contribution in [3.05, 3.63) is 29.6 Å². The maximum absolute atomic E-state index is 9.87. The van der Waals surface area contributed by atoms with Crippen LogP contribution in [0, 0.1) is 6.92 Å². The van der Waals surface area contributed by atoms with Gasteiger partial charge in [-0.25, -0.2) is 4.98 Å². The van der Waals surface area contributed by atoms with Crippen molar-refractivity contribution in [2.75, 3.05) is 6.54 Å². The predicted octanol–water partition coefficient (Wildman–Crippen LogP) is 1.12. The summed E-state index contributed by atoms with van der Waals surface area (Å²) in [6, 6.07) is 6.04. The molecule has 4 heteroatoms. The van der Waals surface area contributed by atoms with Crippen molar-refractivity contribution in [3.63, 3.8) is 0 Å². The molecule has 0 saturated carbocycles. The van der Waals surface area contributed by atoms with Gasteiger partial charge in [-0.2, -0.15) is 0 Å². The van der Waals surface area contributed by atoms with Crippen LogP contribution in [-0.4, -0.2) is 27.2 Å². The number of benzene rings is 1. The van der Waals surface area contributed by atoms with E-state index in [0.717, 1.165) is 16.9 Å². The zero-order chi connectivity index (χ0) is 11.8. The van der Waals surface area contributed by atoms with E-state index in [4.69, 9.17) is 5.73 Å². The van der Waals surface area contributed by atoms with Crippen molar-refractivity contribution < 1.29 is 5.11 Å². The molecule has 0 spiro atoms. The maximum atomic E-state index is 9.87. The van der Waals surface area contributed by atoms with Gasteiger partial charge in [-0.15, -0.1) is 0 Å². The lowest BCUT2D eigenvalue weighted by Crippen LogP contribution is -2.36. The van der Waals surface area contributed by atoms with Gasteiger partial charge in [0, 0.05) is 13.0 Å². The Labute approximate surface area is 94.5 Å². The van der Waals surface area contributed by atoms with E-state index in [0.29, 0.717) is 6.42 Å². The Morgan fingerprint density at radius 3 is 2.94 bits per heavy atom. The van der Waals surface area contributed by atoms with Crippen molar-refractivity contribution in [1.29, 1.82) is 0 Å². The molecule has 86 valence electrons. The Kier molecular flexibility index (Phi) is 2.69. The number of hydrogen-bond acceptors (Lipinski definition) is 3. The summed E-state index contributed by atoms with van der Waals surface area (Å²) in [5.41, 5.74) is 7.70. The van der Waals surface area contributed by atoms with E-state index in [1.165, 1.54) is 5.56 Å². The third-order valence-corrected chi connectivity index (χ3v) is 2.67. The number of rotatable bonds is 3. The molecule has 1 aromatic carbocycles. The van der Waals surface area contributed by atoms with Gasteiger partial charge in [0.1, 0.15) is 5.82 Å². The van der Waals surface area contributed by atoms with Crippen LogP contribution in [-0.2, 0) is 6.42 Å². The second-order valence-electron chi connectivity index (χ2n) is 4.58. The highest BCUT2D eigenvalue weighted by molar-refractivity contribution is 5.75. The summed E-state index contributed by atoms with van der Waals surface area (Å²) in [5, 5.41) is 9.87. The third-order valence-electron chi connectivity index (χ3n) is 2.67. The SMILES string of the molecule is Cc1ccc2nc(CC(C)(O)CN)[nH]c2c1. The molecule has 1 unspecified atom stereocenters. The molecule has 0 fully saturated rings. The molecule has 0 amide bonds. The molecular weight excluding hydrogens is 202 g/mol. The van der Waals surface area contributed by atoms with Crippen LogP contribution < -0.4 is 5.73 Å². The van der Waals surface area contributed by atoms with Crippen LogP contribution >= 0.6 is 0 Å². The molecule has 1 atom stereocenters. The summed E-state index contributed by atoms with van der Waals surface area (Å²) in [6.07, 6.45) is 0.442. The molecule has 4 nitrogen and oxygen atoms in total. The van der Waals surface area contributed by atoms with Gasteiger partial charge >= 0.3 is 0 Å². The highest BCUT2D eigenvalue weighted by Crippen LogP contribution is 2.16. The molecule has 0 bridgehead atoms. The first-order valence-electron chi connectivity index (χ1n) is 5.38. The summed E-state index contributed by atoms with van der Waals surface area (Å²) < 4.78 is 0. The first-order chi connectivity index (χ1) is 7.50. The molecule has 0 aliphatic carbocycles. The van der Waals surface area contributed by atoms with Gasteiger partial charge < -0.3 is 15.8 Å². The Bertz CT molecular complexity index is 502. The summed E-state index contributed by atoms with van der Waals surface area (Å²) in [4.78, 5) is 7.62. The topological polar surface area (TPSA) is 74.9 Å². The summed E-state index contributed by atoms with van der Waals surface area (Å²) in [7, 11) is 0. The van der Waals surface area contributed by atoms with E-state index in [1.54, 1.807) is 6.92 Å². The Balaban J connectivity index is 2.33. The molecule has 2 rings (SSSR count). The van der Waals surface area contributed by atoms with Crippen LogP contribution in [0.1, 0.15) is 18.3 Å². The molecule has 0 aliphatic heterocycles. The standard InChI is InChI=1S/C12H17N3O/c1-8-3-4-9-10(5-8)15-11(14-9)6-12(2,16)7-13/h3-5,16H,6-7,13H2,1-2H3,(H,14,15). The third kappa shape index (κ3) is 2.23. The fourth-order valence-electron chi connectivity index (χ4n) is 1.69. The number of fused-ring (bicyclic) bond motifs is 1. The van der Waals surface area contributed by atoms with Crippen LogP contribution in [0.2, 0.25) is 0 Å². The lowest BCUT2D eigenvalue weighted by Gasteiger charge is -2.18. The molecule has 0 saturated heterocycles. The van der Waals surface area contributed by atoms with Crippen LogP contribution in [0.3, 0.4) is 0 Å². The lowest BCUT2D eigenvalue weighted by atomic mass is 10.0. The number of aliphatic hydroxyl groups is 1. The smallest absolute Gasteiger partial charge is 0.110 e. The number of nitrogens with one attached hydrogen (secondary N) is 1. The maximum Gasteiger partial charge on any atom is 0.110 e. The Morgan fingerprint density at radius 2 is 2.25 bits per heavy atom. The van der Waals surface area contributed by atoms with E-state index in [-0.39, 0.29) is 6.54 Å². The van der Waals surface area contributed by atoms with Crippen molar-refractivity contribution in [3.8, 4) is 0 Å². The van der Waals surface area contributed by atoms with Gasteiger partial charge in [0.2, 0.25) is 0 Å². The van der Waals surface area contributed by atoms with Gasteiger partial charge in [0.25, 0.3) is 0 Å². The number of nitrogens with two attached hydrogens (primary N) is 1. The van der Waals surface area contributed by atoms with Crippen LogP contribution in [0.5, 0.6) is 0 Å². The van der Waals surface area contributed by atoms with Crippen LogP contribution in [0.15, 0.2) is 18.2 Å². The second kappa shape index (κ2) is 3.88. The number of aryl methyl sites for hydroxylation is 1. The number of H-pyrrole nitrogens is 1. The number of imidazole rings is 1. The summed E-state index contributed by atoms with van der Waals surface area (Å²) in [6.45, 7) is 3.98. The molecule has 16 heavy (non-hydrogen) atoms. The minimum atomic E-state index is -0.900. The van der Waals surface area contributed by atoms with E-state index >= 15 is 0 Å². The van der Waals surface area contributed by atoms with E-state index in [9.17, 15) is 5.11 Å². The van der Waals surface area contributed by atoms with E-state index in [1.807, 2.05) is 25.1 Å². The largest absolute Gasteiger partial charge is 0.388 e. The van der Waals surface area contributed by atoms with E-state index in [2.05, 4.69) is 9.97 Å². The van der Waals surface area contributed by atoms with Gasteiger partial charge in [0.15, 0.2) is 0 Å². The average Bonchev–Trinajstić information content (AvgIpc) is 2.58. The minimum absolute atomic E-state index is 0.225. The number of nitrogens with zero attached hydrogens (tertiary/aromatic N) is 1. The fourth-order valence-corrected chi connectivity index (χ4v) is 1.69. The van der Waals surface area contributed by atoms with E-state index < -0.39 is 5.60 Å². The molecule has 0 aliphatic rings. The molecule has 2 aromatic rings. The minimum Gasteiger partial charge on any atom is -0.388 e. The highest BCUT2D eigenvalue weighted by Gasteiger charge is 2.20. The zero-order valence-electron chi connectivity index (χ0n) is 9.62. The predicted molar refractivity (Wildman–Crippen MR) is 64.2 cm³/mol. The van der Waals surface area contributed by atoms with Crippen LogP contribution in [0.4, 0.5) is 0 Å². The zero-order valence-corrected chi connectivity index (χ0v) is 9.62. The average molecular weight is 219 g/mol. The molecular formula is C12H17N3O. The van der Waals surface area contributed by atoms with Gasteiger partial charge in [-0.3, -0.25) is 0 Å². The molecule has 0 radical (unpaired) electrons. The Hall–Kier alpha value is -1.39. The summed E-state index contributed by atoms with van der Waals surface area (Å²) in [5.74, 6) is 0.774. The van der Waals surface area contributed by atoms with Gasteiger partial charge in [-0.1, -0.05) is 6.07 Å². The number of hydrogen-bond donors (Lipinski definition) is 3. The first kappa shape index (κ1) is 11.1. The van der Waals surface area contributed by atoms with Crippen molar-refractivity contribution in [1.82, 2.24) is 9.97 Å². The first-order valence-corrected chi connectivity index (χ1v) is 5.38. The van der Waals surface area contributed by atoms with Gasteiger partial charge in [0.05, 0.1) is 16.6 Å². The van der Waals surface area contributed by atoms with Gasteiger partial charge in [-0.05, 0) is 31.5 Å². The highest BCUT2D eigenvalue weighted by atomic mass is 16.3. The lowest BCUT2D eigenvalue weighted by molar-refractivity contribution is 0.0678. The monoisotopic (exact) mass is 219 g/mol. The fraction of sp³-hybridized carbons (Fsp3) is 0.417. The Morgan fingerprint density at radius 1 is 1.50 bits per heavy atom. The quantitative estimate of drug-likeness (QED) is 0.724. The normalized spacial score (nSPS) is 15.2. The van der Waals surface area contributed by atoms with Crippen molar-refractivity contribution in [2.24, 2.45) is 5.73 Å². The van der Waals surface area contributed by atoms with Crippen molar-refractivity contribution >= 4 is 11.0 Å². The van der Waals surface area contributed by atoms with Crippen LogP contribution in [0.25, 0.3) is 11.0 Å². The van der Waals surface area contributed by atoms with Crippen molar-refractivity contribution in [2.45, 2.75) is 25.9 Å². The molecule has 1 aromatic heterocycles. The number of aromatic amines is 1. The molecule has 1 heterocycles.